The second-order valence-corrected chi connectivity index (χ2v) is 4.46. The topological polar surface area (TPSA) is 32.3 Å². The lowest BCUT2D eigenvalue weighted by atomic mass is 10.1. The SMILES string of the molecule is CC(O)CC(C)NCc1cccc(F)c1Cl. The molecule has 2 atom stereocenters. The number of hydrogen-bond acceptors (Lipinski definition) is 2. The van der Waals surface area contributed by atoms with Crippen molar-refractivity contribution in [2.45, 2.75) is 39.0 Å². The molecule has 0 saturated heterocycles. The van der Waals surface area contributed by atoms with Crippen LogP contribution < -0.4 is 5.32 Å². The summed E-state index contributed by atoms with van der Waals surface area (Å²) in [5.41, 5.74) is 0.735. The van der Waals surface area contributed by atoms with Gasteiger partial charge in [0.1, 0.15) is 5.82 Å². The third-order valence-electron chi connectivity index (χ3n) is 2.37. The van der Waals surface area contributed by atoms with Gasteiger partial charge >= 0.3 is 0 Å². The molecule has 0 aliphatic heterocycles. The lowest BCUT2D eigenvalue weighted by Gasteiger charge is -2.15. The second-order valence-electron chi connectivity index (χ2n) is 4.08. The molecule has 0 heterocycles. The Balaban J connectivity index is 2.51. The van der Waals surface area contributed by atoms with Gasteiger partial charge in [0.2, 0.25) is 0 Å². The lowest BCUT2D eigenvalue weighted by Crippen LogP contribution is -2.28. The van der Waals surface area contributed by atoms with Crippen LogP contribution in [0.1, 0.15) is 25.8 Å². The summed E-state index contributed by atoms with van der Waals surface area (Å²) in [6.45, 7) is 4.22. The van der Waals surface area contributed by atoms with Crippen molar-refractivity contribution in [2.75, 3.05) is 0 Å². The maximum atomic E-state index is 13.1. The fraction of sp³-hybridized carbons (Fsp3) is 0.500. The molecule has 1 aromatic rings. The van der Waals surface area contributed by atoms with Gasteiger partial charge < -0.3 is 10.4 Å². The molecule has 1 rings (SSSR count). The van der Waals surface area contributed by atoms with Crippen molar-refractivity contribution in [3.05, 3.63) is 34.6 Å². The maximum absolute atomic E-state index is 13.1. The number of hydrogen-bond donors (Lipinski definition) is 2. The normalized spacial score (nSPS) is 14.8. The summed E-state index contributed by atoms with van der Waals surface area (Å²) in [6, 6.07) is 4.93. The fourth-order valence-corrected chi connectivity index (χ4v) is 1.76. The first-order valence-electron chi connectivity index (χ1n) is 5.35. The zero-order valence-corrected chi connectivity index (χ0v) is 10.3. The van der Waals surface area contributed by atoms with Gasteiger partial charge in [-0.25, -0.2) is 4.39 Å². The minimum atomic E-state index is -0.399. The monoisotopic (exact) mass is 245 g/mol. The van der Waals surface area contributed by atoms with Crippen LogP contribution in [0.4, 0.5) is 4.39 Å². The Labute approximate surface area is 100 Å². The summed E-state index contributed by atoms with van der Waals surface area (Å²) in [5.74, 6) is -0.399. The molecule has 90 valence electrons. The van der Waals surface area contributed by atoms with Crippen molar-refractivity contribution in [1.82, 2.24) is 5.32 Å². The zero-order chi connectivity index (χ0) is 12.1. The van der Waals surface area contributed by atoms with E-state index in [1.54, 1.807) is 19.1 Å². The van der Waals surface area contributed by atoms with Crippen LogP contribution in [0.5, 0.6) is 0 Å². The highest BCUT2D eigenvalue weighted by Crippen LogP contribution is 2.19. The summed E-state index contributed by atoms with van der Waals surface area (Å²) in [6.07, 6.45) is 0.318. The molecule has 0 fully saturated rings. The highest BCUT2D eigenvalue weighted by atomic mass is 35.5. The summed E-state index contributed by atoms with van der Waals surface area (Å²) in [5, 5.41) is 12.5. The van der Waals surface area contributed by atoms with Crippen LogP contribution in [-0.4, -0.2) is 17.3 Å². The number of aliphatic hydroxyl groups excluding tert-OH is 1. The summed E-state index contributed by atoms with van der Waals surface area (Å²) in [4.78, 5) is 0. The van der Waals surface area contributed by atoms with Crippen molar-refractivity contribution in [2.24, 2.45) is 0 Å². The summed E-state index contributed by atoms with van der Waals surface area (Å²) < 4.78 is 13.1. The van der Waals surface area contributed by atoms with Gasteiger partial charge in [0.15, 0.2) is 0 Å². The van der Waals surface area contributed by atoms with Crippen LogP contribution in [0.3, 0.4) is 0 Å². The van der Waals surface area contributed by atoms with E-state index in [1.165, 1.54) is 6.07 Å². The Morgan fingerprint density at radius 3 is 2.75 bits per heavy atom. The Hall–Kier alpha value is -0.640. The average Bonchev–Trinajstić information content (AvgIpc) is 2.19. The van der Waals surface area contributed by atoms with E-state index in [1.807, 2.05) is 6.92 Å². The van der Waals surface area contributed by atoms with Gasteiger partial charge in [0.25, 0.3) is 0 Å². The summed E-state index contributed by atoms with van der Waals surface area (Å²) in [7, 11) is 0. The second kappa shape index (κ2) is 6.18. The molecule has 0 amide bonds. The predicted octanol–water partition coefficient (Wildman–Crippen LogP) is 2.73. The first-order valence-corrected chi connectivity index (χ1v) is 5.73. The van der Waals surface area contributed by atoms with E-state index in [4.69, 9.17) is 11.6 Å². The number of benzene rings is 1. The number of rotatable bonds is 5. The van der Waals surface area contributed by atoms with Crippen LogP contribution in [0.15, 0.2) is 18.2 Å². The van der Waals surface area contributed by atoms with E-state index in [0.29, 0.717) is 13.0 Å². The van der Waals surface area contributed by atoms with Gasteiger partial charge in [-0.1, -0.05) is 23.7 Å². The fourth-order valence-electron chi connectivity index (χ4n) is 1.56. The Morgan fingerprint density at radius 2 is 2.12 bits per heavy atom. The molecule has 0 saturated carbocycles. The van der Waals surface area contributed by atoms with Crippen LogP contribution >= 0.6 is 11.6 Å². The molecule has 1 aromatic carbocycles. The van der Waals surface area contributed by atoms with Crippen LogP contribution in [0.25, 0.3) is 0 Å². The molecule has 0 aromatic heterocycles. The van der Waals surface area contributed by atoms with Crippen molar-refractivity contribution >= 4 is 11.6 Å². The molecule has 0 aliphatic rings. The largest absolute Gasteiger partial charge is 0.393 e. The Morgan fingerprint density at radius 1 is 1.44 bits per heavy atom. The van der Waals surface area contributed by atoms with Gasteiger partial charge in [-0.05, 0) is 31.9 Å². The lowest BCUT2D eigenvalue weighted by molar-refractivity contribution is 0.170. The van der Waals surface area contributed by atoms with Crippen molar-refractivity contribution in [3.8, 4) is 0 Å². The van der Waals surface area contributed by atoms with Crippen molar-refractivity contribution < 1.29 is 9.50 Å². The number of halogens is 2. The highest BCUT2D eigenvalue weighted by Gasteiger charge is 2.08. The Kier molecular flexibility index (Phi) is 5.19. The third-order valence-corrected chi connectivity index (χ3v) is 2.79. The van der Waals surface area contributed by atoms with Crippen LogP contribution in [0, 0.1) is 5.82 Å². The Bertz CT molecular complexity index is 344. The molecule has 4 heteroatoms. The summed E-state index contributed by atoms with van der Waals surface area (Å²) >= 11 is 5.82. The molecule has 2 unspecified atom stereocenters. The van der Waals surface area contributed by atoms with Gasteiger partial charge in [-0.2, -0.15) is 0 Å². The highest BCUT2D eigenvalue weighted by molar-refractivity contribution is 6.31. The minimum absolute atomic E-state index is 0.166. The van der Waals surface area contributed by atoms with Crippen LogP contribution in [-0.2, 0) is 6.54 Å². The standard InChI is InChI=1S/C12H17ClFNO/c1-8(6-9(2)16)15-7-10-4-3-5-11(14)12(10)13/h3-5,8-9,15-16H,6-7H2,1-2H3. The van der Waals surface area contributed by atoms with E-state index < -0.39 is 5.82 Å². The molecular formula is C12H17ClFNO. The van der Waals surface area contributed by atoms with Crippen LogP contribution in [0.2, 0.25) is 5.02 Å². The quantitative estimate of drug-likeness (QED) is 0.836. The van der Waals surface area contributed by atoms with Gasteiger partial charge in [-0.15, -0.1) is 0 Å². The van der Waals surface area contributed by atoms with E-state index in [9.17, 15) is 9.50 Å². The third kappa shape index (κ3) is 4.08. The van der Waals surface area contributed by atoms with Crippen molar-refractivity contribution in [3.63, 3.8) is 0 Å². The zero-order valence-electron chi connectivity index (χ0n) is 9.50. The first kappa shape index (κ1) is 13.4. The van der Waals surface area contributed by atoms with E-state index in [-0.39, 0.29) is 17.2 Å². The molecular weight excluding hydrogens is 229 g/mol. The number of nitrogens with one attached hydrogen (secondary N) is 1. The average molecular weight is 246 g/mol. The molecule has 0 radical (unpaired) electrons. The number of aliphatic hydroxyl groups is 1. The minimum Gasteiger partial charge on any atom is -0.393 e. The molecule has 2 nitrogen and oxygen atoms in total. The van der Waals surface area contributed by atoms with E-state index in [0.717, 1.165) is 5.56 Å². The van der Waals surface area contributed by atoms with Gasteiger partial charge in [0.05, 0.1) is 11.1 Å². The molecule has 2 N–H and O–H groups in total. The molecule has 0 spiro atoms. The van der Waals surface area contributed by atoms with Gasteiger partial charge in [0, 0.05) is 12.6 Å². The smallest absolute Gasteiger partial charge is 0.142 e. The predicted molar refractivity (Wildman–Crippen MR) is 64.0 cm³/mol. The molecule has 16 heavy (non-hydrogen) atoms. The van der Waals surface area contributed by atoms with E-state index in [2.05, 4.69) is 5.32 Å². The molecule has 0 bridgehead atoms. The van der Waals surface area contributed by atoms with Gasteiger partial charge in [-0.3, -0.25) is 0 Å². The maximum Gasteiger partial charge on any atom is 0.142 e. The van der Waals surface area contributed by atoms with E-state index >= 15 is 0 Å². The first-order chi connectivity index (χ1) is 7.50. The molecule has 0 aliphatic carbocycles. The van der Waals surface area contributed by atoms with Crippen molar-refractivity contribution in [1.29, 1.82) is 0 Å².